The van der Waals surface area contributed by atoms with E-state index in [0.717, 1.165) is 0 Å². The number of hydrogen-bond acceptors (Lipinski definition) is 2. The minimum Gasteiger partial charge on any atom is -0.394 e. The molecule has 0 aliphatic rings. The molecular formula is C30H64O2. The van der Waals surface area contributed by atoms with E-state index in [1.807, 2.05) is 0 Å². The molecular weight excluding hydrogens is 392 g/mol. The Labute approximate surface area is 204 Å². The number of rotatable bonds is 26. The second-order valence-electron chi connectivity index (χ2n) is 9.93. The fourth-order valence-electron chi connectivity index (χ4n) is 4.39. The van der Waals surface area contributed by atoms with Crippen LogP contribution in [0.3, 0.4) is 0 Å². The van der Waals surface area contributed by atoms with Gasteiger partial charge in [-0.15, -0.1) is 0 Å². The molecule has 2 heteroatoms. The molecule has 0 aromatic carbocycles. The molecule has 2 N–H and O–H groups in total. The van der Waals surface area contributed by atoms with Crippen LogP contribution in [0, 0.1) is 0 Å². The Morgan fingerprint density at radius 2 is 0.375 bits per heavy atom. The third kappa shape index (κ3) is 37.2. The summed E-state index contributed by atoms with van der Waals surface area (Å²) in [6.45, 7) is 4.36. The molecule has 0 aromatic rings. The summed E-state index contributed by atoms with van der Waals surface area (Å²) in [4.78, 5) is 0. The number of unbranched alkanes of at least 4 members (excludes halogenated alkanes) is 25. The van der Waals surface area contributed by atoms with Gasteiger partial charge >= 0.3 is 0 Å². The summed E-state index contributed by atoms with van der Waals surface area (Å²) < 4.78 is 0. The van der Waals surface area contributed by atoms with Crippen LogP contribution in [0.4, 0.5) is 0 Å². The first-order valence-corrected chi connectivity index (χ1v) is 15.0. The molecule has 0 atom stereocenters. The van der Waals surface area contributed by atoms with Gasteiger partial charge in [-0.2, -0.15) is 0 Å². The maximum absolute atomic E-state index is 7.62. The van der Waals surface area contributed by atoms with Gasteiger partial charge < -0.3 is 10.2 Å². The van der Waals surface area contributed by atoms with Crippen molar-refractivity contribution in [1.82, 2.24) is 0 Å². The van der Waals surface area contributed by atoms with E-state index in [1.165, 1.54) is 167 Å². The molecule has 0 rings (SSSR count). The van der Waals surface area contributed by atoms with Crippen molar-refractivity contribution in [3.8, 4) is 0 Å². The first kappa shape index (κ1) is 34.1. The first-order chi connectivity index (χ1) is 15.8. The largest absolute Gasteiger partial charge is 0.394 e. The summed E-state index contributed by atoms with van der Waals surface area (Å²) in [7, 11) is 0. The van der Waals surface area contributed by atoms with Gasteiger partial charge in [0.25, 0.3) is 0 Å². The molecule has 196 valence electrons. The molecule has 0 fully saturated rings. The van der Waals surface area contributed by atoms with Crippen LogP contribution in [0.25, 0.3) is 0 Å². The second-order valence-corrected chi connectivity index (χ2v) is 9.93. The van der Waals surface area contributed by atoms with Crippen molar-refractivity contribution < 1.29 is 10.2 Å². The zero-order valence-corrected chi connectivity index (χ0v) is 22.7. The SMILES string of the molecule is CCCCCCCCCCCCCCCCCCCCCCCCCCCC.OCCO. The molecule has 0 aliphatic heterocycles. The summed E-state index contributed by atoms with van der Waals surface area (Å²) >= 11 is 0. The predicted octanol–water partition coefficient (Wildman–Crippen LogP) is 10.1. The Morgan fingerprint density at radius 1 is 0.250 bits per heavy atom. The van der Waals surface area contributed by atoms with E-state index in [9.17, 15) is 0 Å². The monoisotopic (exact) mass is 456 g/mol. The minimum absolute atomic E-state index is 0.125. The van der Waals surface area contributed by atoms with Crippen molar-refractivity contribution in [2.24, 2.45) is 0 Å². The van der Waals surface area contributed by atoms with Gasteiger partial charge in [-0.3, -0.25) is 0 Å². The summed E-state index contributed by atoms with van der Waals surface area (Å²) in [5.41, 5.74) is 0. The molecule has 0 heterocycles. The lowest BCUT2D eigenvalue weighted by atomic mass is 10.0. The van der Waals surface area contributed by atoms with E-state index < -0.39 is 0 Å². The average molecular weight is 457 g/mol. The minimum atomic E-state index is -0.125. The van der Waals surface area contributed by atoms with E-state index >= 15 is 0 Å². The Bertz CT molecular complexity index is 252. The first-order valence-electron chi connectivity index (χ1n) is 15.0. The molecule has 0 aliphatic carbocycles. The number of aliphatic hydroxyl groups excluding tert-OH is 2. The van der Waals surface area contributed by atoms with Crippen LogP contribution in [0.15, 0.2) is 0 Å². The van der Waals surface area contributed by atoms with Gasteiger partial charge in [-0.1, -0.05) is 181 Å². The van der Waals surface area contributed by atoms with Gasteiger partial charge in [-0.25, -0.2) is 0 Å². The quantitative estimate of drug-likeness (QED) is 0.127. The maximum Gasteiger partial charge on any atom is 0.0662 e. The van der Waals surface area contributed by atoms with Crippen LogP contribution >= 0.6 is 0 Å². The van der Waals surface area contributed by atoms with E-state index in [1.54, 1.807) is 0 Å². The fraction of sp³-hybridized carbons (Fsp3) is 1.00. The van der Waals surface area contributed by atoms with Crippen molar-refractivity contribution in [1.29, 1.82) is 0 Å². The molecule has 2 nitrogen and oxygen atoms in total. The topological polar surface area (TPSA) is 40.5 Å². The average Bonchev–Trinajstić information content (AvgIpc) is 2.82. The lowest BCUT2D eigenvalue weighted by Crippen LogP contribution is -1.85. The van der Waals surface area contributed by atoms with Crippen LogP contribution in [0.2, 0.25) is 0 Å². The predicted molar refractivity (Wildman–Crippen MR) is 146 cm³/mol. The molecule has 0 radical (unpaired) electrons. The highest BCUT2D eigenvalue weighted by molar-refractivity contribution is 4.51. The second kappa shape index (κ2) is 35.5. The van der Waals surface area contributed by atoms with Gasteiger partial charge in [0.2, 0.25) is 0 Å². The molecule has 0 unspecified atom stereocenters. The lowest BCUT2D eigenvalue weighted by molar-refractivity contribution is 0.186. The molecule has 32 heavy (non-hydrogen) atoms. The fourth-order valence-corrected chi connectivity index (χ4v) is 4.39. The molecule has 0 saturated carbocycles. The third-order valence-corrected chi connectivity index (χ3v) is 6.56. The molecule has 0 bridgehead atoms. The molecule has 0 aromatic heterocycles. The molecule has 0 saturated heterocycles. The summed E-state index contributed by atoms with van der Waals surface area (Å²) in [5.74, 6) is 0. The lowest BCUT2D eigenvalue weighted by Gasteiger charge is -2.04. The van der Waals surface area contributed by atoms with Crippen molar-refractivity contribution in [2.45, 2.75) is 181 Å². The van der Waals surface area contributed by atoms with E-state index in [2.05, 4.69) is 13.8 Å². The van der Waals surface area contributed by atoms with Crippen LogP contribution in [0.1, 0.15) is 181 Å². The Morgan fingerprint density at radius 3 is 0.469 bits per heavy atom. The highest BCUT2D eigenvalue weighted by atomic mass is 16.3. The highest BCUT2D eigenvalue weighted by Crippen LogP contribution is 2.15. The van der Waals surface area contributed by atoms with Crippen LogP contribution in [0.5, 0.6) is 0 Å². The zero-order chi connectivity index (χ0) is 23.8. The van der Waals surface area contributed by atoms with E-state index in [0.29, 0.717) is 0 Å². The van der Waals surface area contributed by atoms with Gasteiger partial charge in [-0.05, 0) is 0 Å². The molecule has 0 amide bonds. The summed E-state index contributed by atoms with van der Waals surface area (Å²) in [6.07, 6.45) is 38.4. The number of hydrogen-bond donors (Lipinski definition) is 2. The van der Waals surface area contributed by atoms with Gasteiger partial charge in [0, 0.05) is 0 Å². The molecule has 0 spiro atoms. The summed E-state index contributed by atoms with van der Waals surface area (Å²) in [6, 6.07) is 0. The van der Waals surface area contributed by atoms with E-state index in [4.69, 9.17) is 10.2 Å². The Hall–Kier alpha value is -0.0800. The standard InChI is InChI=1S/C28H58.C2H6O2/c1-3-5-7-9-11-13-15-17-19-21-23-25-27-28-26-24-22-20-18-16-14-12-10-8-6-4-2;3-1-2-4/h3-28H2,1-2H3;3-4H,1-2H2. The third-order valence-electron chi connectivity index (χ3n) is 6.56. The summed E-state index contributed by atoms with van der Waals surface area (Å²) in [5, 5.41) is 15.2. The van der Waals surface area contributed by atoms with Crippen LogP contribution in [-0.4, -0.2) is 23.4 Å². The van der Waals surface area contributed by atoms with Crippen molar-refractivity contribution >= 4 is 0 Å². The Kier molecular flexibility index (Phi) is 37.8. The van der Waals surface area contributed by atoms with Gasteiger partial charge in [0.1, 0.15) is 0 Å². The highest BCUT2D eigenvalue weighted by Gasteiger charge is 1.96. The smallest absolute Gasteiger partial charge is 0.0662 e. The maximum atomic E-state index is 7.62. The van der Waals surface area contributed by atoms with Crippen molar-refractivity contribution in [3.63, 3.8) is 0 Å². The number of aliphatic hydroxyl groups is 2. The van der Waals surface area contributed by atoms with Crippen molar-refractivity contribution in [2.75, 3.05) is 13.2 Å². The van der Waals surface area contributed by atoms with Crippen LogP contribution < -0.4 is 0 Å². The zero-order valence-electron chi connectivity index (χ0n) is 22.7. The Balaban J connectivity index is 0. The van der Waals surface area contributed by atoms with Crippen LogP contribution in [-0.2, 0) is 0 Å². The normalized spacial score (nSPS) is 10.9. The van der Waals surface area contributed by atoms with Gasteiger partial charge in [0.15, 0.2) is 0 Å². The van der Waals surface area contributed by atoms with E-state index in [-0.39, 0.29) is 13.2 Å². The van der Waals surface area contributed by atoms with Gasteiger partial charge in [0.05, 0.1) is 13.2 Å². The van der Waals surface area contributed by atoms with Crippen molar-refractivity contribution in [3.05, 3.63) is 0 Å².